The van der Waals surface area contributed by atoms with Crippen molar-refractivity contribution in [3.63, 3.8) is 0 Å². The van der Waals surface area contributed by atoms with Crippen molar-refractivity contribution in [3.8, 4) is 0 Å². The predicted octanol–water partition coefficient (Wildman–Crippen LogP) is 12.5. The highest BCUT2D eigenvalue weighted by Gasteiger charge is 2.36. The first-order valence-electron chi connectivity index (χ1n) is 16.7. The number of para-hydroxylation sites is 2. The number of hydrogen-bond acceptors (Lipinski definition) is 2. The Kier molecular flexibility index (Phi) is 8.44. The number of hydrogen-bond donors (Lipinski definition) is 0. The number of anilines is 6. The van der Waals surface area contributed by atoms with Crippen molar-refractivity contribution >= 4 is 34.1 Å². The molecule has 0 N–H and O–H groups in total. The maximum atomic E-state index is 2.39. The zero-order chi connectivity index (χ0) is 31.3. The monoisotopic (exact) mass is 598 g/mol. The van der Waals surface area contributed by atoms with Crippen molar-refractivity contribution in [1.82, 2.24) is 0 Å². The molecule has 0 spiro atoms. The summed E-state index contributed by atoms with van der Waals surface area (Å²) in [5.41, 5.74) is 12.4. The van der Waals surface area contributed by atoms with Crippen molar-refractivity contribution in [1.29, 1.82) is 0 Å². The van der Waals surface area contributed by atoms with Gasteiger partial charge in [0.15, 0.2) is 0 Å². The maximum absolute atomic E-state index is 2.39. The van der Waals surface area contributed by atoms with E-state index in [1.807, 2.05) is 0 Å². The van der Waals surface area contributed by atoms with Gasteiger partial charge in [0.2, 0.25) is 0 Å². The summed E-state index contributed by atoms with van der Waals surface area (Å²) in [6.07, 6.45) is 6.16. The molecular formula is C44H42N2. The molecule has 0 heterocycles. The molecule has 0 amide bonds. The van der Waals surface area contributed by atoms with Crippen LogP contribution < -0.4 is 9.80 Å². The van der Waals surface area contributed by atoms with Crippen LogP contribution in [0, 0.1) is 13.8 Å². The highest BCUT2D eigenvalue weighted by molar-refractivity contribution is 5.78. The van der Waals surface area contributed by atoms with Crippen LogP contribution in [0.2, 0.25) is 0 Å². The van der Waals surface area contributed by atoms with E-state index in [1.54, 1.807) is 0 Å². The van der Waals surface area contributed by atoms with Gasteiger partial charge in [-0.3, -0.25) is 0 Å². The Morgan fingerprint density at radius 3 is 1.00 bits per heavy atom. The lowest BCUT2D eigenvalue weighted by molar-refractivity contribution is 0.346. The molecule has 1 aliphatic carbocycles. The van der Waals surface area contributed by atoms with Crippen LogP contribution in [-0.4, -0.2) is 0 Å². The lowest BCUT2D eigenvalue weighted by atomic mass is 9.65. The van der Waals surface area contributed by atoms with Crippen molar-refractivity contribution in [2.45, 2.75) is 51.4 Å². The SMILES string of the molecule is Cc1ccc(N(c2ccc(C)cc2)c2ccc(C3(c4ccc(N(c5ccccc5)c5ccccc5)cc4)CCCCC3)cc2)cc1. The Bertz CT molecular complexity index is 1750. The second-order valence-corrected chi connectivity index (χ2v) is 12.7. The van der Waals surface area contributed by atoms with E-state index in [0.717, 1.165) is 11.4 Å². The lowest BCUT2D eigenvalue weighted by Crippen LogP contribution is -2.30. The van der Waals surface area contributed by atoms with Gasteiger partial charge in [0.1, 0.15) is 0 Å². The van der Waals surface area contributed by atoms with Gasteiger partial charge in [0.05, 0.1) is 0 Å². The maximum Gasteiger partial charge on any atom is 0.0461 e. The van der Waals surface area contributed by atoms with Gasteiger partial charge in [-0.1, -0.05) is 115 Å². The third-order valence-corrected chi connectivity index (χ3v) is 9.68. The molecule has 0 bridgehead atoms. The van der Waals surface area contributed by atoms with E-state index in [1.165, 1.54) is 77.1 Å². The minimum absolute atomic E-state index is 0.0121. The number of benzene rings is 6. The highest BCUT2D eigenvalue weighted by Crippen LogP contribution is 2.47. The largest absolute Gasteiger partial charge is 0.311 e. The van der Waals surface area contributed by atoms with Gasteiger partial charge in [0.25, 0.3) is 0 Å². The zero-order valence-corrected chi connectivity index (χ0v) is 26.9. The first-order chi connectivity index (χ1) is 22.6. The fraction of sp³-hybridized carbons (Fsp3) is 0.182. The van der Waals surface area contributed by atoms with Crippen LogP contribution in [0.1, 0.15) is 54.4 Å². The molecule has 6 aromatic rings. The number of rotatable bonds is 8. The topological polar surface area (TPSA) is 6.48 Å². The Morgan fingerprint density at radius 2 is 0.652 bits per heavy atom. The van der Waals surface area contributed by atoms with Crippen LogP contribution in [-0.2, 0) is 5.41 Å². The van der Waals surface area contributed by atoms with Crippen LogP contribution >= 0.6 is 0 Å². The van der Waals surface area contributed by atoms with Crippen LogP contribution in [0.15, 0.2) is 158 Å². The lowest BCUT2D eigenvalue weighted by Gasteiger charge is -2.39. The van der Waals surface area contributed by atoms with Crippen LogP contribution in [0.5, 0.6) is 0 Å². The van der Waals surface area contributed by atoms with Gasteiger partial charge in [0, 0.05) is 39.5 Å². The van der Waals surface area contributed by atoms with E-state index < -0.39 is 0 Å². The van der Waals surface area contributed by atoms with Gasteiger partial charge in [-0.2, -0.15) is 0 Å². The molecule has 1 aliphatic rings. The third kappa shape index (κ3) is 5.96. The van der Waals surface area contributed by atoms with E-state index in [9.17, 15) is 0 Å². The molecule has 0 saturated heterocycles. The van der Waals surface area contributed by atoms with E-state index in [4.69, 9.17) is 0 Å². The fourth-order valence-corrected chi connectivity index (χ4v) is 7.19. The quantitative estimate of drug-likeness (QED) is 0.172. The van der Waals surface area contributed by atoms with Gasteiger partial charge >= 0.3 is 0 Å². The summed E-state index contributed by atoms with van der Waals surface area (Å²) in [6.45, 7) is 4.29. The second kappa shape index (κ2) is 13.1. The molecule has 228 valence electrons. The molecule has 7 rings (SSSR count). The molecule has 1 fully saturated rings. The van der Waals surface area contributed by atoms with Crippen molar-refractivity contribution < 1.29 is 0 Å². The smallest absolute Gasteiger partial charge is 0.0461 e. The predicted molar refractivity (Wildman–Crippen MR) is 196 cm³/mol. The van der Waals surface area contributed by atoms with Crippen molar-refractivity contribution in [3.05, 3.63) is 180 Å². The molecule has 1 saturated carbocycles. The summed E-state index contributed by atoms with van der Waals surface area (Å²) in [5.74, 6) is 0. The summed E-state index contributed by atoms with van der Waals surface area (Å²) >= 11 is 0. The van der Waals surface area contributed by atoms with Crippen molar-refractivity contribution in [2.24, 2.45) is 0 Å². The van der Waals surface area contributed by atoms with Crippen LogP contribution in [0.3, 0.4) is 0 Å². The Labute approximate surface area is 274 Å². The van der Waals surface area contributed by atoms with Crippen molar-refractivity contribution in [2.75, 3.05) is 9.80 Å². The second-order valence-electron chi connectivity index (χ2n) is 12.7. The molecule has 0 radical (unpaired) electrons. The van der Waals surface area contributed by atoms with E-state index in [2.05, 4.69) is 181 Å². The molecule has 46 heavy (non-hydrogen) atoms. The molecule has 0 unspecified atom stereocenters. The fourth-order valence-electron chi connectivity index (χ4n) is 7.19. The minimum atomic E-state index is 0.0121. The van der Waals surface area contributed by atoms with Crippen LogP contribution in [0.4, 0.5) is 34.1 Å². The highest BCUT2D eigenvalue weighted by atomic mass is 15.1. The summed E-state index contributed by atoms with van der Waals surface area (Å²) in [6, 6.07) is 57.9. The van der Waals surface area contributed by atoms with Gasteiger partial charge in [-0.05, 0) is 111 Å². The molecule has 0 aromatic heterocycles. The van der Waals surface area contributed by atoms with Gasteiger partial charge in [-0.15, -0.1) is 0 Å². The summed E-state index contributed by atoms with van der Waals surface area (Å²) in [4.78, 5) is 4.71. The summed E-state index contributed by atoms with van der Waals surface area (Å²) < 4.78 is 0. The zero-order valence-electron chi connectivity index (χ0n) is 26.9. The van der Waals surface area contributed by atoms with E-state index in [0.29, 0.717) is 0 Å². The normalized spacial score (nSPS) is 14.0. The third-order valence-electron chi connectivity index (χ3n) is 9.68. The average molecular weight is 599 g/mol. The van der Waals surface area contributed by atoms with Gasteiger partial charge < -0.3 is 9.80 Å². The Hall–Kier alpha value is -5.08. The standard InChI is InChI=1S/C44H42N2/c1-34-16-24-40(25-17-34)46(41-26-18-35(2)19-27-41)43-30-22-37(23-31-43)44(32-10-5-11-33-44)36-20-28-42(29-21-36)45(38-12-6-3-7-13-38)39-14-8-4-9-15-39/h3-4,6-9,12-31H,5,10-11,32-33H2,1-2H3. The average Bonchev–Trinajstić information content (AvgIpc) is 3.12. The Balaban J connectivity index is 1.25. The summed E-state index contributed by atoms with van der Waals surface area (Å²) in [5, 5.41) is 0. The van der Waals surface area contributed by atoms with E-state index >= 15 is 0 Å². The first-order valence-corrected chi connectivity index (χ1v) is 16.7. The number of nitrogens with zero attached hydrogens (tertiary/aromatic N) is 2. The van der Waals surface area contributed by atoms with Gasteiger partial charge in [-0.25, -0.2) is 0 Å². The molecular weight excluding hydrogens is 556 g/mol. The Morgan fingerprint density at radius 1 is 0.348 bits per heavy atom. The first kappa shape index (κ1) is 29.6. The number of aryl methyl sites for hydroxylation is 2. The molecule has 0 aliphatic heterocycles. The molecule has 2 heteroatoms. The molecule has 0 atom stereocenters. The minimum Gasteiger partial charge on any atom is -0.311 e. The van der Waals surface area contributed by atoms with E-state index in [-0.39, 0.29) is 5.41 Å². The van der Waals surface area contributed by atoms with Crippen LogP contribution in [0.25, 0.3) is 0 Å². The summed E-state index contributed by atoms with van der Waals surface area (Å²) in [7, 11) is 0. The molecule has 6 aromatic carbocycles. The molecule has 2 nitrogen and oxygen atoms in total.